The Morgan fingerprint density at radius 1 is 1.53 bits per heavy atom. The van der Waals surface area contributed by atoms with Crippen LogP contribution < -0.4 is 11.1 Å². The van der Waals surface area contributed by atoms with E-state index in [-0.39, 0.29) is 16.0 Å². The van der Waals surface area contributed by atoms with E-state index in [2.05, 4.69) is 21.5 Å². The molecule has 3 N–H and O–H groups in total. The number of nitrogens with two attached hydrogens (primary N) is 1. The van der Waals surface area contributed by atoms with E-state index in [1.54, 1.807) is 0 Å². The van der Waals surface area contributed by atoms with Crippen molar-refractivity contribution in [2.24, 2.45) is 0 Å². The first-order valence-corrected chi connectivity index (χ1v) is 8.70. The molecule has 0 aromatic carbocycles. The van der Waals surface area contributed by atoms with Crippen LogP contribution in [-0.2, 0) is 9.84 Å². The van der Waals surface area contributed by atoms with Crippen molar-refractivity contribution in [2.75, 3.05) is 37.7 Å². The zero-order valence-corrected chi connectivity index (χ0v) is 12.9. The summed E-state index contributed by atoms with van der Waals surface area (Å²) in [5.41, 5.74) is 5.72. The average molecular weight is 304 g/mol. The van der Waals surface area contributed by atoms with Gasteiger partial charge in [0.1, 0.15) is 9.90 Å². The maximum absolute atomic E-state index is 12.3. The van der Waals surface area contributed by atoms with E-state index < -0.39 is 9.84 Å². The Balaban J connectivity index is 2.10. The van der Waals surface area contributed by atoms with E-state index >= 15 is 0 Å². The molecular formula is C11H20N4O2S2. The number of likely N-dealkylation sites (N-methyl/N-ethyl adjacent to an activating group) is 1. The van der Waals surface area contributed by atoms with Crippen molar-refractivity contribution < 1.29 is 8.42 Å². The van der Waals surface area contributed by atoms with E-state index in [0.717, 1.165) is 37.5 Å². The van der Waals surface area contributed by atoms with Crippen molar-refractivity contribution in [3.8, 4) is 0 Å². The molecule has 1 aromatic rings. The van der Waals surface area contributed by atoms with Gasteiger partial charge >= 0.3 is 0 Å². The van der Waals surface area contributed by atoms with Gasteiger partial charge in [-0.2, -0.15) is 4.37 Å². The molecule has 1 fully saturated rings. The minimum atomic E-state index is -3.29. The van der Waals surface area contributed by atoms with Gasteiger partial charge in [-0.3, -0.25) is 0 Å². The Labute approximate surface area is 118 Å². The van der Waals surface area contributed by atoms with Crippen molar-refractivity contribution >= 4 is 32.2 Å². The van der Waals surface area contributed by atoms with Crippen LogP contribution in [0.1, 0.15) is 19.8 Å². The molecule has 6 nitrogen and oxygen atoms in total. The predicted molar refractivity (Wildman–Crippen MR) is 78.4 cm³/mol. The van der Waals surface area contributed by atoms with Crippen LogP contribution in [0.5, 0.6) is 0 Å². The fourth-order valence-corrected chi connectivity index (χ4v) is 4.66. The molecule has 0 unspecified atom stereocenters. The summed E-state index contributed by atoms with van der Waals surface area (Å²) >= 11 is 1.12. The fraction of sp³-hybridized carbons (Fsp3) is 0.727. The standard InChI is InChI=1S/C11H20N4O2S2/c1-3-15(2)7-6-13-11-9(10(12)14-18-11)19(16,17)8-4-5-8/h8,13H,3-7H2,1-2H3,(H2,12,14). The second-order valence-electron chi connectivity index (χ2n) is 4.79. The van der Waals surface area contributed by atoms with Gasteiger partial charge in [0.15, 0.2) is 15.7 Å². The second kappa shape index (κ2) is 5.64. The highest BCUT2D eigenvalue weighted by molar-refractivity contribution is 7.92. The summed E-state index contributed by atoms with van der Waals surface area (Å²) in [4.78, 5) is 2.35. The van der Waals surface area contributed by atoms with Crippen LogP contribution in [0.3, 0.4) is 0 Å². The molecule has 0 radical (unpaired) electrons. The number of nitrogens with zero attached hydrogens (tertiary/aromatic N) is 2. The van der Waals surface area contributed by atoms with Crippen LogP contribution in [0.25, 0.3) is 0 Å². The summed E-state index contributed by atoms with van der Waals surface area (Å²) in [5.74, 6) is 0.128. The van der Waals surface area contributed by atoms with Crippen LogP contribution >= 0.6 is 11.5 Å². The summed E-state index contributed by atoms with van der Waals surface area (Å²) in [5, 5.41) is 3.46. The monoisotopic (exact) mass is 304 g/mol. The molecule has 1 aliphatic carbocycles. The average Bonchev–Trinajstić information content (AvgIpc) is 3.15. The summed E-state index contributed by atoms with van der Waals surface area (Å²) in [7, 11) is -1.27. The minimum absolute atomic E-state index is 0.128. The molecular weight excluding hydrogens is 284 g/mol. The van der Waals surface area contributed by atoms with Gasteiger partial charge in [0.2, 0.25) is 0 Å². The van der Waals surface area contributed by atoms with Crippen molar-refractivity contribution in [1.82, 2.24) is 9.27 Å². The van der Waals surface area contributed by atoms with Crippen molar-refractivity contribution in [3.05, 3.63) is 0 Å². The van der Waals surface area contributed by atoms with Gasteiger partial charge in [-0.25, -0.2) is 8.42 Å². The molecule has 108 valence electrons. The highest BCUT2D eigenvalue weighted by atomic mass is 32.2. The fourth-order valence-electron chi connectivity index (χ4n) is 1.74. The summed E-state index contributed by atoms with van der Waals surface area (Å²) in [6.07, 6.45) is 1.46. The van der Waals surface area contributed by atoms with E-state index in [9.17, 15) is 8.42 Å². The maximum Gasteiger partial charge on any atom is 0.187 e. The molecule has 1 saturated carbocycles. The van der Waals surface area contributed by atoms with Gasteiger partial charge in [-0.05, 0) is 38.0 Å². The molecule has 0 saturated heterocycles. The van der Waals surface area contributed by atoms with Crippen molar-refractivity contribution in [1.29, 1.82) is 0 Å². The van der Waals surface area contributed by atoms with E-state index in [1.807, 2.05) is 7.05 Å². The van der Waals surface area contributed by atoms with E-state index in [0.29, 0.717) is 11.5 Å². The first-order valence-electron chi connectivity index (χ1n) is 6.38. The van der Waals surface area contributed by atoms with Crippen LogP contribution in [0.2, 0.25) is 0 Å². The molecule has 19 heavy (non-hydrogen) atoms. The highest BCUT2D eigenvalue weighted by Crippen LogP contribution is 2.40. The largest absolute Gasteiger partial charge is 0.382 e. The number of hydrogen-bond donors (Lipinski definition) is 2. The predicted octanol–water partition coefficient (Wildman–Crippen LogP) is 1.03. The lowest BCUT2D eigenvalue weighted by Gasteiger charge is -2.14. The van der Waals surface area contributed by atoms with Gasteiger partial charge < -0.3 is 16.0 Å². The number of nitrogens with one attached hydrogen (secondary N) is 1. The van der Waals surface area contributed by atoms with Gasteiger partial charge in [0, 0.05) is 13.1 Å². The Kier molecular flexibility index (Phi) is 4.32. The van der Waals surface area contributed by atoms with Gasteiger partial charge in [0.25, 0.3) is 0 Å². The summed E-state index contributed by atoms with van der Waals surface area (Å²) < 4.78 is 28.5. The van der Waals surface area contributed by atoms with Crippen LogP contribution in [0, 0.1) is 0 Å². The first-order chi connectivity index (χ1) is 8.96. The van der Waals surface area contributed by atoms with Crippen LogP contribution in [-0.4, -0.2) is 49.6 Å². The third kappa shape index (κ3) is 3.18. The number of nitrogen functional groups attached to an aromatic ring is 1. The number of sulfone groups is 1. The third-order valence-electron chi connectivity index (χ3n) is 3.24. The lowest BCUT2D eigenvalue weighted by atomic mass is 10.5. The number of aromatic nitrogens is 1. The molecule has 1 aliphatic rings. The van der Waals surface area contributed by atoms with E-state index in [1.165, 1.54) is 0 Å². The summed E-state index contributed by atoms with van der Waals surface area (Å²) in [6.45, 7) is 4.56. The van der Waals surface area contributed by atoms with Gasteiger partial charge in [-0.15, -0.1) is 0 Å². The Morgan fingerprint density at radius 3 is 2.79 bits per heavy atom. The Bertz CT molecular complexity index is 537. The highest BCUT2D eigenvalue weighted by Gasteiger charge is 2.40. The molecule has 1 aromatic heterocycles. The Morgan fingerprint density at radius 2 is 2.21 bits per heavy atom. The zero-order valence-electron chi connectivity index (χ0n) is 11.2. The third-order valence-corrected chi connectivity index (χ3v) is 6.52. The molecule has 1 heterocycles. The van der Waals surface area contributed by atoms with Crippen LogP contribution in [0.4, 0.5) is 10.8 Å². The minimum Gasteiger partial charge on any atom is -0.382 e. The molecule has 0 aliphatic heterocycles. The molecule has 0 amide bonds. The zero-order chi connectivity index (χ0) is 14.0. The molecule has 0 bridgehead atoms. The lowest BCUT2D eigenvalue weighted by Crippen LogP contribution is -2.25. The van der Waals surface area contributed by atoms with Crippen LogP contribution in [0.15, 0.2) is 4.90 Å². The van der Waals surface area contributed by atoms with E-state index in [4.69, 9.17) is 5.73 Å². The quantitative estimate of drug-likeness (QED) is 0.782. The number of hydrogen-bond acceptors (Lipinski definition) is 7. The molecule has 8 heteroatoms. The van der Waals surface area contributed by atoms with Crippen molar-refractivity contribution in [3.63, 3.8) is 0 Å². The first kappa shape index (κ1) is 14.5. The Hall–Kier alpha value is -0.860. The summed E-state index contributed by atoms with van der Waals surface area (Å²) in [6, 6.07) is 0. The van der Waals surface area contributed by atoms with Gasteiger partial charge in [-0.1, -0.05) is 6.92 Å². The molecule has 0 atom stereocenters. The maximum atomic E-state index is 12.3. The normalized spacial score (nSPS) is 15.9. The number of rotatable bonds is 7. The van der Waals surface area contributed by atoms with Crippen molar-refractivity contribution in [2.45, 2.75) is 29.9 Å². The smallest absolute Gasteiger partial charge is 0.187 e. The number of anilines is 2. The van der Waals surface area contributed by atoms with Gasteiger partial charge in [0.05, 0.1) is 5.25 Å². The topological polar surface area (TPSA) is 88.3 Å². The SMILES string of the molecule is CCN(C)CCNc1snc(N)c1S(=O)(=O)C1CC1. The molecule has 2 rings (SSSR count). The lowest BCUT2D eigenvalue weighted by molar-refractivity contribution is 0.367. The second-order valence-corrected chi connectivity index (χ2v) is 7.73. The molecule has 0 spiro atoms.